The van der Waals surface area contributed by atoms with Gasteiger partial charge in [0.05, 0.1) is 16.9 Å². The molecule has 0 aliphatic heterocycles. The number of nitrogens with two attached hydrogens (primary N) is 1. The molecule has 0 amide bonds. The predicted octanol–water partition coefficient (Wildman–Crippen LogP) is 4.63. The number of fused-ring (bicyclic) bond motifs is 1. The Morgan fingerprint density at radius 1 is 1.05 bits per heavy atom. The van der Waals surface area contributed by atoms with Crippen LogP contribution in [-0.4, -0.2) is 4.98 Å². The summed E-state index contributed by atoms with van der Waals surface area (Å²) in [5.74, 6) is 0. The van der Waals surface area contributed by atoms with Crippen molar-refractivity contribution in [3.05, 3.63) is 58.7 Å². The Bertz CT molecular complexity index is 784. The van der Waals surface area contributed by atoms with Crippen molar-refractivity contribution >= 4 is 43.9 Å². The quantitative estimate of drug-likeness (QED) is 0.674. The zero-order valence-electron chi connectivity index (χ0n) is 11.0. The highest BCUT2D eigenvalue weighted by Gasteiger charge is 2.07. The van der Waals surface area contributed by atoms with Gasteiger partial charge in [0.25, 0.3) is 0 Å². The minimum atomic E-state index is 0.689. The van der Waals surface area contributed by atoms with Gasteiger partial charge in [-0.15, -0.1) is 0 Å². The van der Waals surface area contributed by atoms with E-state index in [-0.39, 0.29) is 0 Å². The normalized spacial score (nSPS) is 10.7. The zero-order chi connectivity index (χ0) is 14.1. The van der Waals surface area contributed by atoms with Crippen LogP contribution in [0, 0.1) is 6.92 Å². The van der Waals surface area contributed by atoms with Crippen LogP contribution < -0.4 is 11.1 Å². The highest BCUT2D eigenvalue weighted by molar-refractivity contribution is 9.10. The second-order valence-corrected chi connectivity index (χ2v) is 5.46. The Labute approximate surface area is 126 Å². The molecule has 0 aliphatic carbocycles. The molecule has 3 rings (SSSR count). The number of para-hydroxylation sites is 1. The van der Waals surface area contributed by atoms with Gasteiger partial charge in [-0.1, -0.05) is 24.3 Å². The molecule has 0 saturated heterocycles. The summed E-state index contributed by atoms with van der Waals surface area (Å²) in [5, 5.41) is 4.46. The van der Waals surface area contributed by atoms with Crippen molar-refractivity contribution in [1.82, 2.24) is 4.98 Å². The van der Waals surface area contributed by atoms with Gasteiger partial charge in [-0.3, -0.25) is 4.98 Å². The molecule has 0 saturated carbocycles. The number of anilines is 3. The summed E-state index contributed by atoms with van der Waals surface area (Å²) in [4.78, 5) is 4.35. The number of nitrogens with one attached hydrogen (secondary N) is 1. The maximum Gasteiger partial charge on any atom is 0.0951 e. The predicted molar refractivity (Wildman–Crippen MR) is 88.3 cm³/mol. The van der Waals surface area contributed by atoms with Crippen LogP contribution in [0.5, 0.6) is 0 Å². The number of nitrogen functional groups attached to an aromatic ring is 1. The summed E-state index contributed by atoms with van der Waals surface area (Å²) in [6.45, 7) is 2.07. The Balaban J connectivity index is 2.12. The first-order chi connectivity index (χ1) is 9.66. The number of hydrogen-bond acceptors (Lipinski definition) is 3. The van der Waals surface area contributed by atoms with E-state index in [9.17, 15) is 0 Å². The number of halogens is 1. The molecule has 0 spiro atoms. The van der Waals surface area contributed by atoms with Crippen molar-refractivity contribution < 1.29 is 0 Å². The lowest BCUT2D eigenvalue weighted by Crippen LogP contribution is -1.96. The molecule has 3 aromatic rings. The van der Waals surface area contributed by atoms with Crippen molar-refractivity contribution in [2.45, 2.75) is 6.92 Å². The summed E-state index contributed by atoms with van der Waals surface area (Å²) >= 11 is 3.61. The summed E-state index contributed by atoms with van der Waals surface area (Å²) in [7, 11) is 0. The molecule has 2 aromatic carbocycles. The molecule has 20 heavy (non-hydrogen) atoms. The molecule has 0 bridgehead atoms. The largest absolute Gasteiger partial charge is 0.397 e. The van der Waals surface area contributed by atoms with Crippen LogP contribution in [0.25, 0.3) is 10.9 Å². The van der Waals surface area contributed by atoms with Gasteiger partial charge in [-0.25, -0.2) is 0 Å². The lowest BCUT2D eigenvalue weighted by molar-refractivity contribution is 1.39. The second kappa shape index (κ2) is 5.13. The highest BCUT2D eigenvalue weighted by Crippen LogP contribution is 2.32. The van der Waals surface area contributed by atoms with E-state index in [0.717, 1.165) is 26.8 Å². The molecule has 0 aliphatic rings. The fraction of sp³-hybridized carbons (Fsp3) is 0.0625. The van der Waals surface area contributed by atoms with Crippen molar-refractivity contribution in [1.29, 1.82) is 0 Å². The van der Waals surface area contributed by atoms with E-state index < -0.39 is 0 Å². The lowest BCUT2D eigenvalue weighted by atomic mass is 10.1. The number of aromatic nitrogens is 1. The van der Waals surface area contributed by atoms with Gasteiger partial charge >= 0.3 is 0 Å². The number of aryl methyl sites for hydroxylation is 1. The third-order valence-electron chi connectivity index (χ3n) is 3.26. The smallest absolute Gasteiger partial charge is 0.0951 e. The molecule has 1 heterocycles. The minimum absolute atomic E-state index is 0.689. The lowest BCUT2D eigenvalue weighted by Gasteiger charge is -2.12. The molecule has 0 unspecified atom stereocenters. The minimum Gasteiger partial charge on any atom is -0.397 e. The van der Waals surface area contributed by atoms with Crippen LogP contribution in [-0.2, 0) is 0 Å². The Morgan fingerprint density at radius 3 is 2.70 bits per heavy atom. The fourth-order valence-corrected chi connectivity index (χ4v) is 2.56. The number of nitrogens with zero attached hydrogens (tertiary/aromatic N) is 1. The summed E-state index contributed by atoms with van der Waals surface area (Å²) in [6, 6.07) is 13.9. The summed E-state index contributed by atoms with van der Waals surface area (Å²) in [6.07, 6.45) is 1.77. The van der Waals surface area contributed by atoms with Gasteiger partial charge in [-0.2, -0.15) is 0 Å². The second-order valence-electron chi connectivity index (χ2n) is 4.66. The van der Waals surface area contributed by atoms with E-state index in [0.29, 0.717) is 5.69 Å². The SMILES string of the molecule is Cc1cccc(Nc2ccnc3c(N)cccc23)c1Br. The zero-order valence-corrected chi connectivity index (χ0v) is 12.6. The number of benzene rings is 2. The van der Waals surface area contributed by atoms with Crippen molar-refractivity contribution in [2.24, 2.45) is 0 Å². The Morgan fingerprint density at radius 2 is 1.85 bits per heavy atom. The third kappa shape index (κ3) is 2.23. The van der Waals surface area contributed by atoms with Gasteiger partial charge in [-0.05, 0) is 46.6 Å². The monoisotopic (exact) mass is 327 g/mol. The third-order valence-corrected chi connectivity index (χ3v) is 4.32. The van der Waals surface area contributed by atoms with Gasteiger partial charge in [0.2, 0.25) is 0 Å². The van der Waals surface area contributed by atoms with Crippen LogP contribution in [0.2, 0.25) is 0 Å². The molecule has 100 valence electrons. The molecule has 0 atom stereocenters. The highest BCUT2D eigenvalue weighted by atomic mass is 79.9. The number of rotatable bonds is 2. The van der Waals surface area contributed by atoms with E-state index in [1.165, 1.54) is 5.56 Å². The van der Waals surface area contributed by atoms with E-state index >= 15 is 0 Å². The van der Waals surface area contributed by atoms with Crippen molar-refractivity contribution in [3.63, 3.8) is 0 Å². The van der Waals surface area contributed by atoms with E-state index in [1.807, 2.05) is 36.4 Å². The van der Waals surface area contributed by atoms with Gasteiger partial charge < -0.3 is 11.1 Å². The summed E-state index contributed by atoms with van der Waals surface area (Å²) in [5.41, 5.74) is 10.7. The van der Waals surface area contributed by atoms with Gasteiger partial charge in [0.15, 0.2) is 0 Å². The maximum atomic E-state index is 5.97. The standard InChI is InChI=1S/C16H14BrN3/c1-10-4-2-7-14(15(10)17)20-13-8-9-19-16-11(13)5-3-6-12(16)18/h2-9H,18H2,1H3,(H,19,20). The number of pyridine rings is 1. The maximum absolute atomic E-state index is 5.97. The van der Waals surface area contributed by atoms with Gasteiger partial charge in [0.1, 0.15) is 0 Å². The summed E-state index contributed by atoms with van der Waals surface area (Å²) < 4.78 is 1.06. The van der Waals surface area contributed by atoms with Crippen molar-refractivity contribution in [2.75, 3.05) is 11.1 Å². The van der Waals surface area contributed by atoms with Crippen LogP contribution in [0.3, 0.4) is 0 Å². The van der Waals surface area contributed by atoms with Crippen molar-refractivity contribution in [3.8, 4) is 0 Å². The first-order valence-corrected chi connectivity index (χ1v) is 7.11. The molecule has 1 aromatic heterocycles. The molecule has 3 nitrogen and oxygen atoms in total. The molecule has 3 N–H and O–H groups in total. The first-order valence-electron chi connectivity index (χ1n) is 6.32. The average molecular weight is 328 g/mol. The Kier molecular flexibility index (Phi) is 3.32. The molecule has 4 heteroatoms. The van der Waals surface area contributed by atoms with Gasteiger partial charge in [0, 0.05) is 21.7 Å². The van der Waals surface area contributed by atoms with Crippen LogP contribution in [0.15, 0.2) is 53.1 Å². The molecule has 0 fully saturated rings. The first kappa shape index (κ1) is 12.9. The fourth-order valence-electron chi connectivity index (χ4n) is 2.20. The molecule has 0 radical (unpaired) electrons. The number of hydrogen-bond donors (Lipinski definition) is 2. The Hall–Kier alpha value is -2.07. The molecular weight excluding hydrogens is 314 g/mol. The van der Waals surface area contributed by atoms with E-state index in [2.05, 4.69) is 39.2 Å². The van der Waals surface area contributed by atoms with E-state index in [1.54, 1.807) is 6.20 Å². The molecular formula is C16H14BrN3. The van der Waals surface area contributed by atoms with Crippen LogP contribution in [0.4, 0.5) is 17.1 Å². The topological polar surface area (TPSA) is 50.9 Å². The van der Waals surface area contributed by atoms with E-state index in [4.69, 9.17) is 5.73 Å². The van der Waals surface area contributed by atoms with Crippen LogP contribution in [0.1, 0.15) is 5.56 Å². The van der Waals surface area contributed by atoms with Crippen LogP contribution >= 0.6 is 15.9 Å². The average Bonchev–Trinajstić information content (AvgIpc) is 2.45.